The van der Waals surface area contributed by atoms with Gasteiger partial charge in [0.1, 0.15) is 11.4 Å². The van der Waals surface area contributed by atoms with E-state index >= 15 is 0 Å². The number of carbonyl (C=O) groups is 1. The molecule has 0 fully saturated rings. The van der Waals surface area contributed by atoms with Gasteiger partial charge in [0.25, 0.3) is 0 Å². The fourth-order valence-corrected chi connectivity index (χ4v) is 1.58. The SMILES string of the molecule is CCNN(C(=O)OC(C)(C)C)c1ccc(F)cc1C. The molecule has 106 valence electrons. The minimum atomic E-state index is -0.585. The predicted molar refractivity (Wildman–Crippen MR) is 73.5 cm³/mol. The fraction of sp³-hybridized carbons (Fsp3) is 0.500. The first kappa shape index (κ1) is 15.4. The van der Waals surface area contributed by atoms with Crippen LogP contribution in [-0.4, -0.2) is 18.2 Å². The van der Waals surface area contributed by atoms with Gasteiger partial charge in [-0.05, 0) is 51.5 Å². The lowest BCUT2D eigenvalue weighted by Crippen LogP contribution is -2.46. The highest BCUT2D eigenvalue weighted by atomic mass is 19.1. The van der Waals surface area contributed by atoms with Gasteiger partial charge in [-0.2, -0.15) is 0 Å². The molecule has 0 heterocycles. The number of carbonyl (C=O) groups excluding carboxylic acids is 1. The Labute approximate surface area is 113 Å². The average molecular weight is 268 g/mol. The molecule has 1 aromatic carbocycles. The van der Waals surface area contributed by atoms with Crippen molar-refractivity contribution in [1.82, 2.24) is 5.43 Å². The molecular formula is C14H21FN2O2. The van der Waals surface area contributed by atoms with Crippen LogP contribution in [0.25, 0.3) is 0 Å². The number of hydrogen-bond donors (Lipinski definition) is 1. The molecule has 19 heavy (non-hydrogen) atoms. The van der Waals surface area contributed by atoms with Crippen LogP contribution in [0.4, 0.5) is 14.9 Å². The fourth-order valence-electron chi connectivity index (χ4n) is 1.58. The number of nitrogens with zero attached hydrogens (tertiary/aromatic N) is 1. The zero-order chi connectivity index (χ0) is 14.6. The van der Waals surface area contributed by atoms with Gasteiger partial charge in [0, 0.05) is 6.54 Å². The molecule has 1 aromatic rings. The summed E-state index contributed by atoms with van der Waals surface area (Å²) >= 11 is 0. The predicted octanol–water partition coefficient (Wildman–Crippen LogP) is 3.40. The van der Waals surface area contributed by atoms with E-state index in [1.807, 2.05) is 6.92 Å². The first-order valence-electron chi connectivity index (χ1n) is 6.27. The summed E-state index contributed by atoms with van der Waals surface area (Å²) in [6, 6.07) is 4.25. The minimum absolute atomic E-state index is 0.332. The maximum absolute atomic E-state index is 13.1. The van der Waals surface area contributed by atoms with Crippen molar-refractivity contribution in [3.8, 4) is 0 Å². The van der Waals surface area contributed by atoms with Gasteiger partial charge in [0.2, 0.25) is 0 Å². The van der Waals surface area contributed by atoms with Crippen molar-refractivity contribution in [2.45, 2.75) is 40.2 Å². The highest BCUT2D eigenvalue weighted by Crippen LogP contribution is 2.21. The molecule has 1 N–H and O–H groups in total. The van der Waals surface area contributed by atoms with Crippen LogP contribution >= 0.6 is 0 Å². The number of rotatable bonds is 3. The second-order valence-electron chi connectivity index (χ2n) is 5.26. The van der Waals surface area contributed by atoms with E-state index in [0.717, 1.165) is 0 Å². The maximum atomic E-state index is 13.1. The van der Waals surface area contributed by atoms with Crippen LogP contribution in [0.2, 0.25) is 0 Å². The van der Waals surface area contributed by atoms with Crippen LogP contribution in [-0.2, 0) is 4.74 Å². The smallest absolute Gasteiger partial charge is 0.429 e. The molecule has 0 atom stereocenters. The van der Waals surface area contributed by atoms with Crippen LogP contribution in [0.3, 0.4) is 0 Å². The molecule has 5 heteroatoms. The van der Waals surface area contributed by atoms with E-state index in [-0.39, 0.29) is 5.82 Å². The van der Waals surface area contributed by atoms with Crippen molar-refractivity contribution in [1.29, 1.82) is 0 Å². The minimum Gasteiger partial charge on any atom is -0.442 e. The second-order valence-corrected chi connectivity index (χ2v) is 5.26. The van der Waals surface area contributed by atoms with Crippen LogP contribution in [0.5, 0.6) is 0 Å². The molecule has 0 saturated heterocycles. The first-order valence-corrected chi connectivity index (χ1v) is 6.27. The summed E-state index contributed by atoms with van der Waals surface area (Å²) < 4.78 is 18.4. The summed E-state index contributed by atoms with van der Waals surface area (Å²) in [7, 11) is 0. The van der Waals surface area contributed by atoms with Crippen LogP contribution in [0.1, 0.15) is 33.3 Å². The highest BCUT2D eigenvalue weighted by Gasteiger charge is 2.24. The molecule has 0 aliphatic heterocycles. The number of hydrazine groups is 1. The number of halogens is 1. The van der Waals surface area contributed by atoms with E-state index in [1.165, 1.54) is 17.1 Å². The van der Waals surface area contributed by atoms with Crippen molar-refractivity contribution in [2.24, 2.45) is 0 Å². The average Bonchev–Trinajstić information content (AvgIpc) is 2.24. The summed E-state index contributed by atoms with van der Waals surface area (Å²) in [5.41, 5.74) is 3.57. The second kappa shape index (κ2) is 6.02. The van der Waals surface area contributed by atoms with Crippen LogP contribution in [0, 0.1) is 12.7 Å². The molecule has 0 saturated carbocycles. The van der Waals surface area contributed by atoms with Crippen molar-refractivity contribution < 1.29 is 13.9 Å². The summed E-state index contributed by atoms with van der Waals surface area (Å²) in [4.78, 5) is 12.1. The van der Waals surface area contributed by atoms with Gasteiger partial charge in [0.15, 0.2) is 0 Å². The summed E-state index contributed by atoms with van der Waals surface area (Å²) in [5.74, 6) is -0.332. The van der Waals surface area contributed by atoms with E-state index in [1.54, 1.807) is 33.8 Å². The lowest BCUT2D eigenvalue weighted by atomic mass is 10.2. The lowest BCUT2D eigenvalue weighted by molar-refractivity contribution is 0.0562. The quantitative estimate of drug-likeness (QED) is 0.854. The zero-order valence-corrected chi connectivity index (χ0v) is 12.1. The van der Waals surface area contributed by atoms with Gasteiger partial charge >= 0.3 is 6.09 Å². The number of nitrogens with one attached hydrogen (secondary N) is 1. The third-order valence-corrected chi connectivity index (χ3v) is 2.29. The number of ether oxygens (including phenoxy) is 1. The number of aryl methyl sites for hydroxylation is 1. The summed E-state index contributed by atoms with van der Waals surface area (Å²) in [6.45, 7) is 9.56. The monoisotopic (exact) mass is 268 g/mol. The lowest BCUT2D eigenvalue weighted by Gasteiger charge is -2.28. The Hall–Kier alpha value is -1.62. The molecule has 0 aliphatic carbocycles. The van der Waals surface area contributed by atoms with Gasteiger partial charge in [-0.15, -0.1) is 0 Å². The molecule has 1 amide bonds. The van der Waals surface area contributed by atoms with Crippen molar-refractivity contribution in [3.63, 3.8) is 0 Å². The molecule has 0 aromatic heterocycles. The molecule has 0 unspecified atom stereocenters. The number of amides is 1. The van der Waals surface area contributed by atoms with E-state index in [0.29, 0.717) is 17.8 Å². The zero-order valence-electron chi connectivity index (χ0n) is 12.1. The Morgan fingerprint density at radius 2 is 2.05 bits per heavy atom. The number of anilines is 1. The summed E-state index contributed by atoms with van der Waals surface area (Å²) in [6.07, 6.45) is -0.510. The van der Waals surface area contributed by atoms with Crippen LogP contribution in [0.15, 0.2) is 18.2 Å². The topological polar surface area (TPSA) is 41.6 Å². The van der Waals surface area contributed by atoms with Gasteiger partial charge in [-0.3, -0.25) is 0 Å². The third kappa shape index (κ3) is 4.52. The largest absolute Gasteiger partial charge is 0.442 e. The van der Waals surface area contributed by atoms with Crippen molar-refractivity contribution >= 4 is 11.8 Å². The maximum Gasteiger partial charge on any atom is 0.429 e. The molecule has 1 rings (SSSR count). The van der Waals surface area contributed by atoms with E-state index in [2.05, 4.69) is 5.43 Å². The van der Waals surface area contributed by atoms with E-state index in [9.17, 15) is 9.18 Å². The Bertz CT molecular complexity index is 455. The first-order chi connectivity index (χ1) is 8.74. The van der Waals surface area contributed by atoms with E-state index in [4.69, 9.17) is 4.74 Å². The number of benzene rings is 1. The Morgan fingerprint density at radius 3 is 2.53 bits per heavy atom. The van der Waals surface area contributed by atoms with Gasteiger partial charge < -0.3 is 4.74 Å². The highest BCUT2D eigenvalue weighted by molar-refractivity contribution is 5.87. The molecule has 0 radical (unpaired) electrons. The Kier molecular flexibility index (Phi) is 4.89. The number of hydrogen-bond acceptors (Lipinski definition) is 3. The molecule has 0 aliphatic rings. The van der Waals surface area contributed by atoms with Gasteiger partial charge in [-0.25, -0.2) is 19.6 Å². The van der Waals surface area contributed by atoms with Gasteiger partial charge in [-0.1, -0.05) is 6.92 Å². The Morgan fingerprint density at radius 1 is 1.42 bits per heavy atom. The van der Waals surface area contributed by atoms with Crippen molar-refractivity contribution in [3.05, 3.63) is 29.6 Å². The molecule has 0 bridgehead atoms. The molecule has 0 spiro atoms. The van der Waals surface area contributed by atoms with Crippen LogP contribution < -0.4 is 10.4 Å². The van der Waals surface area contributed by atoms with E-state index < -0.39 is 11.7 Å². The normalized spacial score (nSPS) is 11.3. The molecular weight excluding hydrogens is 247 g/mol. The third-order valence-electron chi connectivity index (χ3n) is 2.29. The standard InChI is InChI=1S/C14H21FN2O2/c1-6-16-17(13(18)19-14(3,4)5)12-8-7-11(15)9-10(12)2/h7-9,16H,6H2,1-5H3. The molecule has 4 nitrogen and oxygen atoms in total. The summed E-state index contributed by atoms with van der Waals surface area (Å²) in [5, 5.41) is 1.31. The van der Waals surface area contributed by atoms with Crippen molar-refractivity contribution in [2.75, 3.05) is 11.6 Å². The van der Waals surface area contributed by atoms with Gasteiger partial charge in [0.05, 0.1) is 5.69 Å². The Balaban J connectivity index is 3.03.